The van der Waals surface area contributed by atoms with Crippen LogP contribution in [0.5, 0.6) is 0 Å². The number of aromatic nitrogens is 1. The Kier molecular flexibility index (Phi) is 9.54. The number of nitrogens with zero attached hydrogens (tertiary/aromatic N) is 3. The predicted molar refractivity (Wildman–Crippen MR) is 118 cm³/mol. The van der Waals surface area contributed by atoms with E-state index < -0.39 is 0 Å². The fourth-order valence-corrected chi connectivity index (χ4v) is 2.66. The van der Waals surface area contributed by atoms with Gasteiger partial charge in [0.2, 0.25) is 5.89 Å². The van der Waals surface area contributed by atoms with Crippen LogP contribution in [0.15, 0.2) is 27.6 Å². The summed E-state index contributed by atoms with van der Waals surface area (Å²) >= 11 is 0. The van der Waals surface area contributed by atoms with Gasteiger partial charge < -0.3 is 20.0 Å². The third kappa shape index (κ3) is 6.37. The maximum atomic E-state index is 14.4. The maximum absolute atomic E-state index is 14.4. The molecule has 0 fully saturated rings. The molecule has 0 unspecified atom stereocenters. The second-order valence-electron chi connectivity index (χ2n) is 5.99. The lowest BCUT2D eigenvalue weighted by Gasteiger charge is -2.22. The van der Waals surface area contributed by atoms with Crippen LogP contribution >= 0.6 is 24.0 Å². The molecule has 0 aliphatic carbocycles. The van der Waals surface area contributed by atoms with Crippen LogP contribution in [-0.2, 0) is 13.1 Å². The molecule has 1 aromatic carbocycles. The molecule has 0 saturated heterocycles. The molecule has 2 rings (SSSR count). The second kappa shape index (κ2) is 11.1. The monoisotopic (exact) mass is 489 g/mol. The number of hydrogen-bond acceptors (Lipinski definition) is 4. The number of aliphatic imine (C=N–C) groups is 1. The van der Waals surface area contributed by atoms with E-state index >= 15 is 0 Å². The van der Waals surface area contributed by atoms with E-state index in [-0.39, 0.29) is 29.8 Å². The van der Waals surface area contributed by atoms with E-state index in [0.29, 0.717) is 30.6 Å². The number of nitrogens with one attached hydrogen (secondary N) is 2. The number of aryl methyl sites for hydroxylation is 2. The lowest BCUT2D eigenvalue weighted by Crippen LogP contribution is -2.36. The van der Waals surface area contributed by atoms with Gasteiger partial charge in [-0.2, -0.15) is 0 Å². The van der Waals surface area contributed by atoms with Gasteiger partial charge in [0, 0.05) is 26.7 Å². The number of benzene rings is 1. The molecule has 8 heteroatoms. The predicted octanol–water partition coefficient (Wildman–Crippen LogP) is 3.76. The zero-order valence-electron chi connectivity index (χ0n) is 16.6. The van der Waals surface area contributed by atoms with Crippen LogP contribution in [0.3, 0.4) is 0 Å². The first-order valence-electron chi connectivity index (χ1n) is 8.89. The number of oxazole rings is 1. The molecule has 0 spiro atoms. The lowest BCUT2D eigenvalue weighted by molar-refractivity contribution is 0.463. The zero-order chi connectivity index (χ0) is 19.1. The topological polar surface area (TPSA) is 65.7 Å². The normalized spacial score (nSPS) is 11.1. The summed E-state index contributed by atoms with van der Waals surface area (Å²) in [7, 11) is 1.69. The molecule has 1 heterocycles. The van der Waals surface area contributed by atoms with Crippen LogP contribution in [0, 0.1) is 19.7 Å². The molecule has 2 aromatic rings. The van der Waals surface area contributed by atoms with Crippen molar-refractivity contribution in [3.8, 4) is 0 Å². The number of guanidine groups is 1. The largest absolute Gasteiger partial charge is 0.444 e. The van der Waals surface area contributed by atoms with Crippen molar-refractivity contribution in [2.24, 2.45) is 4.99 Å². The van der Waals surface area contributed by atoms with Gasteiger partial charge in [-0.3, -0.25) is 4.99 Å². The van der Waals surface area contributed by atoms with Gasteiger partial charge in [-0.15, -0.1) is 24.0 Å². The third-order valence-corrected chi connectivity index (χ3v) is 4.28. The van der Waals surface area contributed by atoms with Gasteiger partial charge in [0.1, 0.15) is 11.6 Å². The summed E-state index contributed by atoms with van der Waals surface area (Å²) in [6.45, 7) is 10.3. The Morgan fingerprint density at radius 1 is 1.19 bits per heavy atom. The first-order valence-corrected chi connectivity index (χ1v) is 8.89. The lowest BCUT2D eigenvalue weighted by atomic mass is 10.2. The van der Waals surface area contributed by atoms with Crippen molar-refractivity contribution < 1.29 is 8.81 Å². The zero-order valence-corrected chi connectivity index (χ0v) is 18.9. The number of rotatable bonds is 7. The van der Waals surface area contributed by atoms with Gasteiger partial charge >= 0.3 is 0 Å². The summed E-state index contributed by atoms with van der Waals surface area (Å²) in [5.74, 6) is 1.82. The molecule has 0 aliphatic heterocycles. The smallest absolute Gasteiger partial charge is 0.214 e. The average molecular weight is 489 g/mol. The van der Waals surface area contributed by atoms with Crippen LogP contribution in [-0.4, -0.2) is 31.1 Å². The van der Waals surface area contributed by atoms with E-state index in [4.69, 9.17) is 4.42 Å². The molecule has 6 nitrogen and oxygen atoms in total. The first-order chi connectivity index (χ1) is 12.5. The first kappa shape index (κ1) is 23.2. The highest BCUT2D eigenvalue weighted by molar-refractivity contribution is 14.0. The Hall–Kier alpha value is -1.84. The van der Waals surface area contributed by atoms with Crippen molar-refractivity contribution in [2.45, 2.75) is 40.8 Å². The van der Waals surface area contributed by atoms with Crippen LogP contribution in [0.1, 0.15) is 36.8 Å². The van der Waals surface area contributed by atoms with Gasteiger partial charge in [0.25, 0.3) is 0 Å². The molecule has 150 valence electrons. The Morgan fingerprint density at radius 3 is 2.37 bits per heavy atom. The third-order valence-electron chi connectivity index (χ3n) is 4.28. The molecule has 27 heavy (non-hydrogen) atoms. The summed E-state index contributed by atoms with van der Waals surface area (Å²) in [6, 6.07) is 5.32. The summed E-state index contributed by atoms with van der Waals surface area (Å²) in [5, 5.41) is 6.31. The number of anilines is 1. The van der Waals surface area contributed by atoms with E-state index in [1.165, 1.54) is 0 Å². The number of halogens is 2. The summed E-state index contributed by atoms with van der Waals surface area (Å²) in [4.78, 5) is 10.5. The number of hydrogen-bond donors (Lipinski definition) is 2. The molecule has 0 amide bonds. The van der Waals surface area contributed by atoms with Gasteiger partial charge in [0.05, 0.1) is 17.9 Å². The highest BCUT2D eigenvalue weighted by atomic mass is 127. The standard InChI is InChI=1S/C19H28FN5O.HI/c1-6-25(7-2)17-9-8-15(10-16(17)20)11-22-19(21-5)23-12-18-24-13(3)14(4)26-18;/h8-10H,6-7,11-12H2,1-5H3,(H2,21,22,23);1H. The molecule has 2 N–H and O–H groups in total. The molecule has 0 bridgehead atoms. The van der Waals surface area contributed by atoms with Gasteiger partial charge in [-0.05, 0) is 45.4 Å². The van der Waals surface area contributed by atoms with Gasteiger partial charge in [0.15, 0.2) is 5.96 Å². The molecular formula is C19H29FIN5O. The van der Waals surface area contributed by atoms with E-state index in [2.05, 4.69) is 20.6 Å². The van der Waals surface area contributed by atoms with Crippen LogP contribution in [0.2, 0.25) is 0 Å². The Labute approximate surface area is 177 Å². The van der Waals surface area contributed by atoms with E-state index in [9.17, 15) is 4.39 Å². The summed E-state index contributed by atoms with van der Waals surface area (Å²) < 4.78 is 19.9. The quantitative estimate of drug-likeness (QED) is 0.352. The highest BCUT2D eigenvalue weighted by Crippen LogP contribution is 2.20. The van der Waals surface area contributed by atoms with Crippen molar-refractivity contribution in [3.63, 3.8) is 0 Å². The minimum Gasteiger partial charge on any atom is -0.444 e. The van der Waals surface area contributed by atoms with Crippen LogP contribution in [0.4, 0.5) is 10.1 Å². The Balaban J connectivity index is 0.00000364. The van der Waals surface area contributed by atoms with Gasteiger partial charge in [-0.1, -0.05) is 6.07 Å². The van der Waals surface area contributed by atoms with Gasteiger partial charge in [-0.25, -0.2) is 9.37 Å². The molecule has 0 saturated carbocycles. The van der Waals surface area contributed by atoms with Crippen molar-refractivity contribution in [1.29, 1.82) is 0 Å². The van der Waals surface area contributed by atoms with Crippen LogP contribution < -0.4 is 15.5 Å². The van der Waals surface area contributed by atoms with Crippen molar-refractivity contribution in [3.05, 3.63) is 46.9 Å². The highest BCUT2D eigenvalue weighted by Gasteiger charge is 2.10. The van der Waals surface area contributed by atoms with Crippen molar-refractivity contribution >= 4 is 35.6 Å². The molecular weight excluding hydrogens is 460 g/mol. The summed E-state index contributed by atoms with van der Waals surface area (Å²) in [5.41, 5.74) is 2.37. The van der Waals surface area contributed by atoms with E-state index in [1.54, 1.807) is 13.1 Å². The fraction of sp³-hybridized carbons (Fsp3) is 0.474. The molecule has 0 atom stereocenters. The molecule has 0 aliphatic rings. The minimum atomic E-state index is -0.207. The van der Waals surface area contributed by atoms with Crippen LogP contribution in [0.25, 0.3) is 0 Å². The molecule has 1 aromatic heterocycles. The average Bonchev–Trinajstić information content (AvgIpc) is 2.95. The second-order valence-corrected chi connectivity index (χ2v) is 5.99. The maximum Gasteiger partial charge on any atom is 0.214 e. The summed E-state index contributed by atoms with van der Waals surface area (Å²) in [6.07, 6.45) is 0. The van der Waals surface area contributed by atoms with E-state index in [1.807, 2.05) is 44.7 Å². The van der Waals surface area contributed by atoms with Crippen molar-refractivity contribution in [1.82, 2.24) is 15.6 Å². The minimum absolute atomic E-state index is 0. The van der Waals surface area contributed by atoms with E-state index in [0.717, 1.165) is 30.1 Å². The molecule has 0 radical (unpaired) electrons. The SMILES string of the molecule is CCN(CC)c1ccc(CNC(=NC)NCc2nc(C)c(C)o2)cc1F.I. The Bertz CT molecular complexity index is 739. The van der Waals surface area contributed by atoms with Crippen molar-refractivity contribution in [2.75, 3.05) is 25.0 Å². The Morgan fingerprint density at radius 2 is 1.85 bits per heavy atom. The fourth-order valence-electron chi connectivity index (χ4n) is 2.66.